The van der Waals surface area contributed by atoms with E-state index in [-0.39, 0.29) is 5.91 Å². The Morgan fingerprint density at radius 1 is 1.30 bits per heavy atom. The van der Waals surface area contributed by atoms with Crippen molar-refractivity contribution in [1.29, 1.82) is 0 Å². The normalized spacial score (nSPS) is 16.4. The van der Waals surface area contributed by atoms with E-state index in [9.17, 15) is 4.79 Å². The molecule has 0 aromatic heterocycles. The van der Waals surface area contributed by atoms with E-state index >= 15 is 0 Å². The van der Waals surface area contributed by atoms with Gasteiger partial charge in [0.1, 0.15) is 0 Å². The van der Waals surface area contributed by atoms with Gasteiger partial charge in [-0.1, -0.05) is 48.5 Å². The van der Waals surface area contributed by atoms with Crippen LogP contribution < -0.4 is 5.32 Å². The number of hydrogen-bond donors (Lipinski definition) is 1. The van der Waals surface area contributed by atoms with Crippen LogP contribution in [0.15, 0.2) is 18.2 Å². The molecular weight excluding hydrogens is 295 g/mol. The average Bonchev–Trinajstić information content (AvgIpc) is 2.45. The van der Waals surface area contributed by atoms with Crippen LogP contribution in [0.25, 0.3) is 0 Å². The predicted molar refractivity (Wildman–Crippen MR) is 84.6 cm³/mol. The van der Waals surface area contributed by atoms with Gasteiger partial charge in [-0.2, -0.15) is 0 Å². The molecule has 3 nitrogen and oxygen atoms in total. The van der Waals surface area contributed by atoms with E-state index in [4.69, 9.17) is 23.2 Å². The highest BCUT2D eigenvalue weighted by atomic mass is 35.5. The first-order valence-corrected chi connectivity index (χ1v) is 7.77. The second-order valence-electron chi connectivity index (χ2n) is 5.36. The molecule has 1 aliphatic rings. The molecule has 1 aromatic rings. The summed E-state index contributed by atoms with van der Waals surface area (Å²) >= 11 is 12.0. The van der Waals surface area contributed by atoms with Gasteiger partial charge < -0.3 is 5.32 Å². The second-order valence-corrected chi connectivity index (χ2v) is 6.14. The first kappa shape index (κ1) is 15.6. The molecule has 1 N–H and O–H groups in total. The number of rotatable bonds is 4. The Labute approximate surface area is 130 Å². The van der Waals surface area contributed by atoms with Crippen LogP contribution in [0.5, 0.6) is 0 Å². The van der Waals surface area contributed by atoms with Gasteiger partial charge in [0.2, 0.25) is 5.91 Å². The van der Waals surface area contributed by atoms with Gasteiger partial charge in [0.15, 0.2) is 0 Å². The summed E-state index contributed by atoms with van der Waals surface area (Å²) in [5, 5.41) is 3.66. The van der Waals surface area contributed by atoms with Crippen molar-refractivity contribution in [2.24, 2.45) is 0 Å². The Morgan fingerprint density at radius 3 is 2.70 bits per heavy atom. The van der Waals surface area contributed by atoms with Crippen molar-refractivity contribution in [2.75, 3.05) is 18.9 Å². The van der Waals surface area contributed by atoms with Crippen molar-refractivity contribution < 1.29 is 4.79 Å². The van der Waals surface area contributed by atoms with Crippen molar-refractivity contribution in [3.8, 4) is 0 Å². The molecule has 5 heteroatoms. The van der Waals surface area contributed by atoms with Crippen LogP contribution in [0, 0.1) is 0 Å². The summed E-state index contributed by atoms with van der Waals surface area (Å²) in [5.41, 5.74) is 0.571. The Kier molecular flexibility index (Phi) is 5.70. The number of nitrogens with zero attached hydrogens (tertiary/aromatic N) is 1. The molecule has 0 spiro atoms. The lowest BCUT2D eigenvalue weighted by atomic mass is 9.94. The summed E-state index contributed by atoms with van der Waals surface area (Å²) in [5.74, 6) is -0.0535. The molecule has 0 saturated heterocycles. The summed E-state index contributed by atoms with van der Waals surface area (Å²) in [6, 6.07) is 5.75. The first-order valence-electron chi connectivity index (χ1n) is 7.02. The standard InChI is InChI=1S/C15H20Cl2N2O/c1-19(11-6-3-2-4-7-11)10-14(20)18-13-9-5-8-12(16)15(13)17/h5,8-9,11H,2-4,6-7,10H2,1H3,(H,18,20). The van der Waals surface area contributed by atoms with E-state index in [1.54, 1.807) is 18.2 Å². The zero-order chi connectivity index (χ0) is 14.5. The van der Waals surface area contributed by atoms with Crippen LogP contribution in [0.3, 0.4) is 0 Å². The fourth-order valence-electron chi connectivity index (χ4n) is 2.67. The number of nitrogens with one attached hydrogen (secondary N) is 1. The number of carbonyl (C=O) groups excluding carboxylic acids is 1. The van der Waals surface area contributed by atoms with Crippen molar-refractivity contribution in [3.63, 3.8) is 0 Å². The molecule has 0 bridgehead atoms. The number of benzene rings is 1. The lowest BCUT2D eigenvalue weighted by molar-refractivity contribution is -0.117. The third kappa shape index (κ3) is 4.11. The van der Waals surface area contributed by atoms with Crippen LogP contribution in [0.1, 0.15) is 32.1 Å². The average molecular weight is 315 g/mol. The van der Waals surface area contributed by atoms with E-state index in [2.05, 4.69) is 10.2 Å². The molecule has 0 atom stereocenters. The van der Waals surface area contributed by atoms with Gasteiger partial charge in [-0.3, -0.25) is 9.69 Å². The van der Waals surface area contributed by atoms with Crippen molar-refractivity contribution in [2.45, 2.75) is 38.1 Å². The number of anilines is 1. The monoisotopic (exact) mass is 314 g/mol. The van der Waals surface area contributed by atoms with Gasteiger partial charge in [-0.05, 0) is 32.0 Å². The molecule has 1 fully saturated rings. The molecule has 0 aliphatic heterocycles. The highest BCUT2D eigenvalue weighted by Crippen LogP contribution is 2.29. The van der Waals surface area contributed by atoms with Gasteiger partial charge in [0, 0.05) is 6.04 Å². The Bertz CT molecular complexity index is 473. The fourth-order valence-corrected chi connectivity index (χ4v) is 3.02. The fraction of sp³-hybridized carbons (Fsp3) is 0.533. The molecule has 2 rings (SSSR count). The molecule has 110 valence electrons. The predicted octanol–water partition coefficient (Wildman–Crippen LogP) is 4.20. The third-order valence-electron chi connectivity index (χ3n) is 3.82. The maximum absolute atomic E-state index is 12.1. The van der Waals surface area contributed by atoms with Gasteiger partial charge in [0.25, 0.3) is 0 Å². The Hall–Kier alpha value is -0.770. The lowest BCUT2D eigenvalue weighted by Gasteiger charge is -2.30. The largest absolute Gasteiger partial charge is 0.324 e. The minimum absolute atomic E-state index is 0.0535. The van der Waals surface area contributed by atoms with E-state index in [0.717, 1.165) is 0 Å². The molecule has 0 radical (unpaired) electrons. The number of amides is 1. The molecule has 1 aliphatic carbocycles. The van der Waals surface area contributed by atoms with E-state index < -0.39 is 0 Å². The number of likely N-dealkylation sites (N-methyl/N-ethyl adjacent to an activating group) is 1. The summed E-state index contributed by atoms with van der Waals surface area (Å²) in [7, 11) is 2.01. The molecule has 20 heavy (non-hydrogen) atoms. The minimum Gasteiger partial charge on any atom is -0.324 e. The van der Waals surface area contributed by atoms with Crippen LogP contribution in [-0.2, 0) is 4.79 Å². The maximum atomic E-state index is 12.1. The second kappa shape index (κ2) is 7.30. The number of halogens is 2. The van der Waals surface area contributed by atoms with Crippen LogP contribution in [0.4, 0.5) is 5.69 Å². The molecule has 0 unspecified atom stereocenters. The smallest absolute Gasteiger partial charge is 0.238 e. The molecular formula is C15H20Cl2N2O. The quantitative estimate of drug-likeness (QED) is 0.903. The van der Waals surface area contributed by atoms with Crippen molar-refractivity contribution in [1.82, 2.24) is 4.90 Å². The molecule has 1 amide bonds. The van der Waals surface area contributed by atoms with E-state index in [1.807, 2.05) is 7.05 Å². The zero-order valence-corrected chi connectivity index (χ0v) is 13.2. The van der Waals surface area contributed by atoms with Gasteiger partial charge in [-0.25, -0.2) is 0 Å². The summed E-state index contributed by atoms with van der Waals surface area (Å²) in [4.78, 5) is 14.2. The maximum Gasteiger partial charge on any atom is 0.238 e. The molecule has 1 saturated carbocycles. The summed E-state index contributed by atoms with van der Waals surface area (Å²) in [6.07, 6.45) is 6.20. The Morgan fingerprint density at radius 2 is 2.00 bits per heavy atom. The zero-order valence-electron chi connectivity index (χ0n) is 11.7. The van der Waals surface area contributed by atoms with Gasteiger partial charge >= 0.3 is 0 Å². The summed E-state index contributed by atoms with van der Waals surface area (Å²) < 4.78 is 0. The Balaban J connectivity index is 1.90. The first-order chi connectivity index (χ1) is 9.58. The SMILES string of the molecule is CN(CC(=O)Nc1cccc(Cl)c1Cl)C1CCCCC1. The molecule has 1 aromatic carbocycles. The summed E-state index contributed by atoms with van der Waals surface area (Å²) in [6.45, 7) is 0.382. The van der Waals surface area contributed by atoms with Crippen LogP contribution in [-0.4, -0.2) is 30.4 Å². The highest BCUT2D eigenvalue weighted by molar-refractivity contribution is 6.43. The van der Waals surface area contributed by atoms with Crippen molar-refractivity contribution in [3.05, 3.63) is 28.2 Å². The van der Waals surface area contributed by atoms with Crippen molar-refractivity contribution >= 4 is 34.8 Å². The number of carbonyl (C=O) groups is 1. The third-order valence-corrected chi connectivity index (χ3v) is 4.64. The van der Waals surface area contributed by atoms with Gasteiger partial charge in [0.05, 0.1) is 22.3 Å². The van der Waals surface area contributed by atoms with E-state index in [1.165, 1.54) is 32.1 Å². The lowest BCUT2D eigenvalue weighted by Crippen LogP contribution is -2.39. The van der Waals surface area contributed by atoms with E-state index in [0.29, 0.717) is 28.3 Å². The topological polar surface area (TPSA) is 32.3 Å². The number of hydrogen-bond acceptors (Lipinski definition) is 2. The molecule has 0 heterocycles. The van der Waals surface area contributed by atoms with Gasteiger partial charge in [-0.15, -0.1) is 0 Å². The van der Waals surface area contributed by atoms with Crippen LogP contribution in [0.2, 0.25) is 10.0 Å². The highest BCUT2D eigenvalue weighted by Gasteiger charge is 2.20. The van der Waals surface area contributed by atoms with Crippen LogP contribution >= 0.6 is 23.2 Å². The minimum atomic E-state index is -0.0535.